The van der Waals surface area contributed by atoms with E-state index in [1.807, 2.05) is 54.6 Å². The van der Waals surface area contributed by atoms with Crippen LogP contribution in [0, 0.1) is 0 Å². The van der Waals surface area contributed by atoms with Gasteiger partial charge in [-0.25, -0.2) is 0 Å². The van der Waals surface area contributed by atoms with Crippen LogP contribution in [0.2, 0.25) is 0 Å². The Morgan fingerprint density at radius 2 is 0.981 bits per heavy atom. The molecule has 0 saturated heterocycles. The number of anilines is 6. The van der Waals surface area contributed by atoms with Crippen LogP contribution in [0.5, 0.6) is 0 Å². The zero-order valence-electron chi connectivity index (χ0n) is 29.2. The molecule has 256 valence electrons. The van der Waals surface area contributed by atoms with Gasteiger partial charge in [0, 0.05) is 28.4 Å². The molecule has 7 aromatic carbocycles. The molecular formula is C48H38N3OP. The standard InChI is InChI=1S/C48H38N3OP/c52-53(46-24-14-5-15-25-46)50(44-20-10-3-11-21-44)47-35-30-40(36-48(47)51(53)45-22-12-4-13-23-45)39-28-33-43(34-29-39)49(41-18-8-2-9-19-41)42-31-26-38(27-32-42)37-16-6-1-7-17-37/h1-10,12-20,22-36H,11,21H2. The Morgan fingerprint density at radius 3 is 1.58 bits per heavy atom. The molecule has 9 rings (SSSR count). The summed E-state index contributed by atoms with van der Waals surface area (Å²) in [5.41, 5.74) is 11.6. The molecule has 53 heavy (non-hydrogen) atoms. The van der Waals surface area contributed by atoms with Crippen molar-refractivity contribution in [3.8, 4) is 22.3 Å². The fraction of sp³-hybridized carbons (Fsp3) is 0.0417. The first kappa shape index (κ1) is 32.6. The van der Waals surface area contributed by atoms with Crippen molar-refractivity contribution in [2.75, 3.05) is 14.2 Å². The topological polar surface area (TPSA) is 26.8 Å². The molecular weight excluding hydrogens is 666 g/mol. The van der Waals surface area contributed by atoms with Gasteiger partial charge in [-0.2, -0.15) is 0 Å². The van der Waals surface area contributed by atoms with E-state index in [0.717, 1.165) is 69.1 Å². The highest BCUT2D eigenvalue weighted by Crippen LogP contribution is 2.69. The maximum Gasteiger partial charge on any atom is 0.301 e. The molecule has 2 aliphatic rings. The van der Waals surface area contributed by atoms with Crippen LogP contribution in [0.4, 0.5) is 34.1 Å². The fourth-order valence-electron chi connectivity index (χ4n) is 7.51. The van der Waals surface area contributed by atoms with Gasteiger partial charge in [0.1, 0.15) is 0 Å². The number of fused-ring (bicyclic) bond motifs is 1. The maximum atomic E-state index is 16.0. The number of benzene rings is 7. The first-order valence-corrected chi connectivity index (χ1v) is 19.7. The second kappa shape index (κ2) is 14.0. The lowest BCUT2D eigenvalue weighted by molar-refractivity contribution is 0.581. The summed E-state index contributed by atoms with van der Waals surface area (Å²) in [7, 11) is -3.38. The monoisotopic (exact) mass is 703 g/mol. The van der Waals surface area contributed by atoms with Crippen molar-refractivity contribution in [3.05, 3.63) is 212 Å². The van der Waals surface area contributed by atoms with Crippen LogP contribution in [-0.4, -0.2) is 0 Å². The first-order chi connectivity index (χ1) is 26.2. The molecule has 0 amide bonds. The summed E-state index contributed by atoms with van der Waals surface area (Å²) in [6, 6.07) is 65.2. The highest BCUT2D eigenvalue weighted by molar-refractivity contribution is 7.75. The van der Waals surface area contributed by atoms with Crippen molar-refractivity contribution in [3.63, 3.8) is 0 Å². The Morgan fingerprint density at radius 1 is 0.472 bits per heavy atom. The van der Waals surface area contributed by atoms with Crippen LogP contribution in [-0.2, 0) is 4.57 Å². The minimum Gasteiger partial charge on any atom is -0.311 e. The van der Waals surface area contributed by atoms with Crippen molar-refractivity contribution in [1.82, 2.24) is 0 Å². The van der Waals surface area contributed by atoms with Crippen LogP contribution >= 0.6 is 7.44 Å². The van der Waals surface area contributed by atoms with Gasteiger partial charge in [-0.05, 0) is 114 Å². The number of rotatable bonds is 8. The normalized spacial score (nSPS) is 16.3. The summed E-state index contributed by atoms with van der Waals surface area (Å²) >= 11 is 0. The molecule has 0 spiro atoms. The van der Waals surface area contributed by atoms with Gasteiger partial charge in [0.15, 0.2) is 0 Å². The van der Waals surface area contributed by atoms with E-state index in [4.69, 9.17) is 0 Å². The average molecular weight is 704 g/mol. The molecule has 7 aromatic rings. The van der Waals surface area contributed by atoms with Crippen LogP contribution in [0.1, 0.15) is 12.8 Å². The third-order valence-electron chi connectivity index (χ3n) is 10.0. The Labute approximate surface area is 311 Å². The summed E-state index contributed by atoms with van der Waals surface area (Å²) < 4.78 is 20.2. The number of hydrogen-bond donors (Lipinski definition) is 0. The molecule has 1 aliphatic heterocycles. The van der Waals surface area contributed by atoms with Crippen LogP contribution in [0.15, 0.2) is 212 Å². The van der Waals surface area contributed by atoms with E-state index in [1.54, 1.807) is 0 Å². The fourth-order valence-corrected chi connectivity index (χ4v) is 10.6. The van der Waals surface area contributed by atoms with Crippen molar-refractivity contribution < 1.29 is 4.57 Å². The van der Waals surface area contributed by atoms with E-state index in [-0.39, 0.29) is 0 Å². The van der Waals surface area contributed by atoms with Gasteiger partial charge in [-0.15, -0.1) is 0 Å². The third-order valence-corrected chi connectivity index (χ3v) is 13.0. The molecule has 1 heterocycles. The SMILES string of the molecule is O=P1(c2ccccc2)N(C2=CC=CCC2)c2ccc(-c3ccc(N(c4ccccc4)c4ccc(-c5ccccc5)cc4)cc3)cc2N1c1ccccc1. The average Bonchev–Trinajstić information content (AvgIpc) is 3.51. The Balaban J connectivity index is 1.13. The number of hydrogen-bond acceptors (Lipinski definition) is 2. The number of para-hydroxylation sites is 2. The van der Waals surface area contributed by atoms with E-state index in [0.29, 0.717) is 0 Å². The second-order valence-corrected chi connectivity index (χ2v) is 15.7. The molecule has 4 nitrogen and oxygen atoms in total. The smallest absolute Gasteiger partial charge is 0.301 e. The van der Waals surface area contributed by atoms with E-state index >= 15 is 4.57 Å². The van der Waals surface area contributed by atoms with Gasteiger partial charge >= 0.3 is 7.44 Å². The highest BCUT2D eigenvalue weighted by atomic mass is 31.2. The van der Waals surface area contributed by atoms with E-state index < -0.39 is 7.44 Å². The highest BCUT2D eigenvalue weighted by Gasteiger charge is 2.49. The molecule has 1 aliphatic carbocycles. The molecule has 1 unspecified atom stereocenters. The summed E-state index contributed by atoms with van der Waals surface area (Å²) in [6.45, 7) is 0. The van der Waals surface area contributed by atoms with Crippen LogP contribution < -0.4 is 19.5 Å². The minimum absolute atomic E-state index is 0.805. The first-order valence-electron chi connectivity index (χ1n) is 18.1. The largest absolute Gasteiger partial charge is 0.311 e. The van der Waals surface area contributed by atoms with E-state index in [2.05, 4.69) is 166 Å². The lowest BCUT2D eigenvalue weighted by Gasteiger charge is -2.34. The lowest BCUT2D eigenvalue weighted by atomic mass is 10.0. The summed E-state index contributed by atoms with van der Waals surface area (Å²) in [5, 5.41) is 0.805. The molecule has 5 heteroatoms. The van der Waals surface area contributed by atoms with Crippen molar-refractivity contribution >= 4 is 46.9 Å². The van der Waals surface area contributed by atoms with Crippen molar-refractivity contribution in [2.24, 2.45) is 0 Å². The van der Waals surface area contributed by atoms with Crippen molar-refractivity contribution in [2.45, 2.75) is 12.8 Å². The maximum absolute atomic E-state index is 16.0. The van der Waals surface area contributed by atoms with Gasteiger partial charge in [-0.1, -0.05) is 127 Å². The molecule has 1 atom stereocenters. The molecule has 0 bridgehead atoms. The van der Waals surface area contributed by atoms with Gasteiger partial charge in [0.25, 0.3) is 0 Å². The Hall–Kier alpha value is -6.35. The predicted octanol–water partition coefficient (Wildman–Crippen LogP) is 13.2. The predicted molar refractivity (Wildman–Crippen MR) is 223 cm³/mol. The third kappa shape index (κ3) is 5.98. The van der Waals surface area contributed by atoms with Gasteiger partial charge in [-0.3, -0.25) is 13.9 Å². The molecule has 0 N–H and O–H groups in total. The number of nitrogens with zero attached hydrogens (tertiary/aromatic N) is 3. The van der Waals surface area contributed by atoms with Gasteiger partial charge in [0.05, 0.1) is 16.7 Å². The van der Waals surface area contributed by atoms with E-state index in [1.165, 1.54) is 11.1 Å². The number of allylic oxidation sites excluding steroid dienone is 4. The summed E-state index contributed by atoms with van der Waals surface area (Å²) in [6.07, 6.45) is 8.13. The Kier molecular flexibility index (Phi) is 8.59. The summed E-state index contributed by atoms with van der Waals surface area (Å²) in [4.78, 5) is 2.29. The van der Waals surface area contributed by atoms with Crippen molar-refractivity contribution in [1.29, 1.82) is 0 Å². The zero-order chi connectivity index (χ0) is 35.6. The molecule has 0 aromatic heterocycles. The second-order valence-electron chi connectivity index (χ2n) is 13.3. The Bertz CT molecular complexity index is 2460. The van der Waals surface area contributed by atoms with Gasteiger partial charge in [0.2, 0.25) is 0 Å². The molecule has 0 saturated carbocycles. The quantitative estimate of drug-likeness (QED) is 0.147. The lowest BCUT2D eigenvalue weighted by Crippen LogP contribution is -2.29. The zero-order valence-corrected chi connectivity index (χ0v) is 30.1. The molecule has 0 radical (unpaired) electrons. The van der Waals surface area contributed by atoms with Gasteiger partial charge < -0.3 is 4.90 Å². The minimum atomic E-state index is -3.38. The summed E-state index contributed by atoms with van der Waals surface area (Å²) in [5.74, 6) is 0. The van der Waals surface area contributed by atoms with Crippen LogP contribution in [0.25, 0.3) is 22.3 Å². The molecule has 0 fully saturated rings. The van der Waals surface area contributed by atoms with Crippen LogP contribution in [0.3, 0.4) is 0 Å². The van der Waals surface area contributed by atoms with E-state index in [9.17, 15) is 0 Å².